The highest BCUT2D eigenvalue weighted by Crippen LogP contribution is 2.23. The quantitative estimate of drug-likeness (QED) is 0.471. The lowest BCUT2D eigenvalue weighted by atomic mass is 10.1. The van der Waals surface area contributed by atoms with Crippen molar-refractivity contribution in [2.45, 2.75) is 20.3 Å². The summed E-state index contributed by atoms with van der Waals surface area (Å²) in [5.74, 6) is -0.853. The summed E-state index contributed by atoms with van der Waals surface area (Å²) >= 11 is 0. The molecule has 2 aromatic rings. The minimum Gasteiger partial charge on any atom is -0.320 e. The van der Waals surface area contributed by atoms with Gasteiger partial charge in [-0.1, -0.05) is 29.8 Å². The first-order valence-electron chi connectivity index (χ1n) is 7.80. The zero-order valence-electron chi connectivity index (χ0n) is 14.4. The maximum absolute atomic E-state index is 12.0. The van der Waals surface area contributed by atoms with E-state index in [9.17, 15) is 19.7 Å². The number of nitro groups is 1. The Morgan fingerprint density at radius 3 is 2.42 bits per heavy atom. The maximum atomic E-state index is 12.0. The van der Waals surface area contributed by atoms with Gasteiger partial charge in [0.15, 0.2) is 0 Å². The molecule has 2 N–H and O–H groups in total. The highest BCUT2D eigenvalue weighted by Gasteiger charge is 2.15. The van der Waals surface area contributed by atoms with Crippen LogP contribution in [0.4, 0.5) is 11.4 Å². The Kier molecular flexibility index (Phi) is 6.15. The molecule has 0 unspecified atom stereocenters. The third-order valence-corrected chi connectivity index (χ3v) is 3.45. The van der Waals surface area contributed by atoms with Gasteiger partial charge in [0.25, 0.3) is 11.6 Å². The monoisotopic (exact) mass is 354 g/mol. The van der Waals surface area contributed by atoms with Crippen LogP contribution < -0.4 is 10.7 Å². The van der Waals surface area contributed by atoms with E-state index in [-0.39, 0.29) is 23.7 Å². The molecular weight excluding hydrogens is 336 g/mol. The van der Waals surface area contributed by atoms with Crippen LogP contribution >= 0.6 is 0 Å². The van der Waals surface area contributed by atoms with Crippen molar-refractivity contribution in [2.75, 3.05) is 5.32 Å². The fourth-order valence-corrected chi connectivity index (χ4v) is 2.12. The fraction of sp³-hybridized carbons (Fsp3) is 0.167. The number of nitro benzene ring substituents is 1. The van der Waals surface area contributed by atoms with Crippen LogP contribution in [-0.2, 0) is 4.79 Å². The molecule has 2 amide bonds. The molecular formula is C18H18N4O4. The number of hydrogen-bond acceptors (Lipinski definition) is 5. The zero-order chi connectivity index (χ0) is 19.1. The molecule has 0 aliphatic rings. The molecule has 0 spiro atoms. The minimum absolute atomic E-state index is 0.110. The van der Waals surface area contributed by atoms with Gasteiger partial charge in [-0.2, -0.15) is 5.10 Å². The number of carbonyl (C=O) groups excluding carboxylic acids is 2. The van der Waals surface area contributed by atoms with E-state index in [0.717, 1.165) is 5.56 Å². The van der Waals surface area contributed by atoms with Crippen LogP contribution in [0.3, 0.4) is 0 Å². The second-order valence-electron chi connectivity index (χ2n) is 5.65. The van der Waals surface area contributed by atoms with Gasteiger partial charge < -0.3 is 5.32 Å². The predicted molar refractivity (Wildman–Crippen MR) is 98.1 cm³/mol. The molecule has 2 aromatic carbocycles. The van der Waals surface area contributed by atoms with Gasteiger partial charge in [-0.05, 0) is 32.0 Å². The summed E-state index contributed by atoms with van der Waals surface area (Å²) in [4.78, 5) is 34.4. The molecule has 0 atom stereocenters. The zero-order valence-corrected chi connectivity index (χ0v) is 14.4. The van der Waals surface area contributed by atoms with E-state index >= 15 is 0 Å². The normalized spacial score (nSPS) is 10.9. The van der Waals surface area contributed by atoms with Crippen molar-refractivity contribution in [1.29, 1.82) is 0 Å². The average molecular weight is 354 g/mol. The number of benzene rings is 2. The van der Waals surface area contributed by atoms with Crippen LogP contribution in [0.5, 0.6) is 0 Å². The van der Waals surface area contributed by atoms with Gasteiger partial charge >= 0.3 is 0 Å². The van der Waals surface area contributed by atoms with Crippen molar-refractivity contribution >= 4 is 28.9 Å². The van der Waals surface area contributed by atoms with Crippen LogP contribution in [0.15, 0.2) is 53.6 Å². The standard InChI is InChI=1S/C18H18N4O4/c1-12-7-9-14(10-8-12)18(24)21-20-13(2)11-17(23)19-15-5-3-4-6-16(15)22(25)26/h3-10H,11H2,1-2H3,(H,19,23)(H,21,24). The van der Waals surface area contributed by atoms with E-state index in [1.165, 1.54) is 18.2 Å². The second-order valence-corrected chi connectivity index (χ2v) is 5.65. The molecule has 0 aliphatic heterocycles. The van der Waals surface area contributed by atoms with Gasteiger partial charge in [0.2, 0.25) is 5.91 Å². The molecule has 0 heterocycles. The summed E-state index contributed by atoms with van der Waals surface area (Å²) in [6.07, 6.45) is -0.111. The molecule has 0 saturated carbocycles. The maximum Gasteiger partial charge on any atom is 0.292 e. The van der Waals surface area contributed by atoms with Crippen molar-refractivity contribution < 1.29 is 14.5 Å². The van der Waals surface area contributed by atoms with Crippen LogP contribution in [0.1, 0.15) is 29.3 Å². The number of anilines is 1. The number of rotatable bonds is 6. The fourth-order valence-electron chi connectivity index (χ4n) is 2.12. The second kappa shape index (κ2) is 8.52. The van der Waals surface area contributed by atoms with Crippen LogP contribution in [0.25, 0.3) is 0 Å². The Labute approximate surface area is 150 Å². The smallest absolute Gasteiger partial charge is 0.292 e. The summed E-state index contributed by atoms with van der Waals surface area (Å²) < 4.78 is 0. The molecule has 0 saturated heterocycles. The molecule has 0 fully saturated rings. The first kappa shape index (κ1) is 18.8. The van der Waals surface area contributed by atoms with E-state index in [0.29, 0.717) is 11.3 Å². The number of para-hydroxylation sites is 2. The van der Waals surface area contributed by atoms with Gasteiger partial charge in [0.1, 0.15) is 5.69 Å². The van der Waals surface area contributed by atoms with E-state index < -0.39 is 10.8 Å². The molecule has 26 heavy (non-hydrogen) atoms. The molecule has 0 bridgehead atoms. The Morgan fingerprint density at radius 2 is 1.77 bits per heavy atom. The summed E-state index contributed by atoms with van der Waals surface area (Å²) in [6.45, 7) is 3.49. The largest absolute Gasteiger partial charge is 0.320 e. The lowest BCUT2D eigenvalue weighted by Crippen LogP contribution is -2.21. The number of aryl methyl sites for hydroxylation is 1. The number of nitrogens with zero attached hydrogens (tertiary/aromatic N) is 2. The van der Waals surface area contributed by atoms with Crippen LogP contribution in [-0.4, -0.2) is 22.4 Å². The summed E-state index contributed by atoms with van der Waals surface area (Å²) in [7, 11) is 0. The Morgan fingerprint density at radius 1 is 1.12 bits per heavy atom. The third-order valence-electron chi connectivity index (χ3n) is 3.45. The lowest BCUT2D eigenvalue weighted by molar-refractivity contribution is -0.383. The van der Waals surface area contributed by atoms with Crippen LogP contribution in [0.2, 0.25) is 0 Å². The Balaban J connectivity index is 1.94. The molecule has 2 rings (SSSR count). The number of nitrogens with one attached hydrogen (secondary N) is 2. The highest BCUT2D eigenvalue weighted by molar-refractivity contribution is 6.06. The number of carbonyl (C=O) groups is 2. The number of hydrazone groups is 1. The molecule has 8 heteroatoms. The van der Waals surface area contributed by atoms with Gasteiger partial charge in [0, 0.05) is 17.3 Å². The van der Waals surface area contributed by atoms with Gasteiger partial charge in [-0.15, -0.1) is 0 Å². The molecule has 8 nitrogen and oxygen atoms in total. The van der Waals surface area contributed by atoms with E-state index in [1.54, 1.807) is 25.1 Å². The topological polar surface area (TPSA) is 114 Å². The third kappa shape index (κ3) is 5.23. The highest BCUT2D eigenvalue weighted by atomic mass is 16.6. The van der Waals surface area contributed by atoms with Gasteiger partial charge in [-0.3, -0.25) is 19.7 Å². The Hall–Kier alpha value is -3.55. The van der Waals surface area contributed by atoms with Crippen molar-refractivity contribution in [3.05, 3.63) is 69.8 Å². The van der Waals surface area contributed by atoms with Gasteiger partial charge in [-0.25, -0.2) is 5.43 Å². The summed E-state index contributed by atoms with van der Waals surface area (Å²) in [6, 6.07) is 12.8. The average Bonchev–Trinajstić information content (AvgIpc) is 2.60. The number of hydrogen-bond donors (Lipinski definition) is 2. The molecule has 0 radical (unpaired) electrons. The van der Waals surface area contributed by atoms with E-state index in [4.69, 9.17) is 0 Å². The number of amides is 2. The van der Waals surface area contributed by atoms with Crippen molar-refractivity contribution in [3.8, 4) is 0 Å². The summed E-state index contributed by atoms with van der Waals surface area (Å²) in [5, 5.41) is 17.3. The van der Waals surface area contributed by atoms with Gasteiger partial charge in [0.05, 0.1) is 11.3 Å². The first-order valence-corrected chi connectivity index (χ1v) is 7.80. The minimum atomic E-state index is -0.571. The lowest BCUT2D eigenvalue weighted by Gasteiger charge is -2.06. The Bertz CT molecular complexity index is 860. The van der Waals surface area contributed by atoms with E-state index in [2.05, 4.69) is 15.8 Å². The molecule has 0 aromatic heterocycles. The summed E-state index contributed by atoms with van der Waals surface area (Å²) in [5.41, 5.74) is 4.15. The SMILES string of the molecule is CC(CC(=O)Nc1ccccc1[N+](=O)[O-])=NNC(=O)c1ccc(C)cc1. The van der Waals surface area contributed by atoms with Crippen molar-refractivity contribution in [1.82, 2.24) is 5.43 Å². The first-order chi connectivity index (χ1) is 12.4. The van der Waals surface area contributed by atoms with Crippen molar-refractivity contribution in [2.24, 2.45) is 5.10 Å². The predicted octanol–water partition coefficient (Wildman–Crippen LogP) is 3.04. The van der Waals surface area contributed by atoms with Crippen molar-refractivity contribution in [3.63, 3.8) is 0 Å². The van der Waals surface area contributed by atoms with Crippen LogP contribution in [0, 0.1) is 17.0 Å². The molecule has 0 aliphatic carbocycles. The van der Waals surface area contributed by atoms with E-state index in [1.807, 2.05) is 19.1 Å². The molecule has 134 valence electrons.